The quantitative estimate of drug-likeness (QED) is 0.802. The molecule has 0 aliphatic carbocycles. The van der Waals surface area contributed by atoms with Crippen molar-refractivity contribution in [3.63, 3.8) is 0 Å². The first-order chi connectivity index (χ1) is 10.6. The van der Waals surface area contributed by atoms with Gasteiger partial charge in [-0.15, -0.1) is 0 Å². The fraction of sp³-hybridized carbons (Fsp3) is 0.188. The highest BCUT2D eigenvalue weighted by atomic mass is 16.3. The molecular weight excluding hydrogens is 280 g/mol. The highest BCUT2D eigenvalue weighted by Crippen LogP contribution is 2.17. The van der Waals surface area contributed by atoms with Crippen molar-refractivity contribution in [2.45, 2.75) is 13.5 Å². The van der Waals surface area contributed by atoms with Crippen LogP contribution < -0.4 is 5.32 Å². The van der Waals surface area contributed by atoms with E-state index in [-0.39, 0.29) is 5.91 Å². The monoisotopic (exact) mass is 296 g/mol. The molecule has 0 bridgehead atoms. The van der Waals surface area contributed by atoms with Crippen molar-refractivity contribution >= 4 is 5.91 Å². The van der Waals surface area contributed by atoms with Gasteiger partial charge in [-0.3, -0.25) is 14.5 Å². The van der Waals surface area contributed by atoms with Crippen molar-refractivity contribution in [1.29, 1.82) is 0 Å². The molecule has 1 amide bonds. The van der Waals surface area contributed by atoms with E-state index in [1.165, 1.54) is 0 Å². The number of nitrogens with one attached hydrogen (secondary N) is 1. The number of carbonyl (C=O) groups excluding carboxylic acids is 1. The zero-order chi connectivity index (χ0) is 15.5. The summed E-state index contributed by atoms with van der Waals surface area (Å²) in [7, 11) is 1.75. The van der Waals surface area contributed by atoms with Gasteiger partial charge in [0, 0.05) is 25.4 Å². The van der Waals surface area contributed by atoms with Crippen molar-refractivity contribution in [1.82, 2.24) is 20.1 Å². The van der Waals surface area contributed by atoms with Crippen LogP contribution >= 0.6 is 0 Å². The second-order valence-electron chi connectivity index (χ2n) is 5.04. The molecule has 0 aliphatic rings. The fourth-order valence-electron chi connectivity index (χ4n) is 2.21. The first-order valence-corrected chi connectivity index (χ1v) is 6.90. The first kappa shape index (κ1) is 14.1. The summed E-state index contributed by atoms with van der Waals surface area (Å²) in [5.74, 6) is -0.151. The molecule has 6 heteroatoms. The lowest BCUT2D eigenvalue weighted by atomic mass is 10.2. The maximum Gasteiger partial charge on any atom is 0.269 e. The number of hydrogen-bond donors (Lipinski definition) is 1. The number of amides is 1. The summed E-state index contributed by atoms with van der Waals surface area (Å²) in [6.07, 6.45) is 5.01. The van der Waals surface area contributed by atoms with Crippen LogP contribution in [0.25, 0.3) is 11.3 Å². The van der Waals surface area contributed by atoms with Crippen LogP contribution in [0.4, 0.5) is 0 Å². The molecule has 0 spiro atoms. The minimum atomic E-state index is -0.151. The van der Waals surface area contributed by atoms with Gasteiger partial charge in [0.2, 0.25) is 0 Å². The molecule has 0 saturated heterocycles. The van der Waals surface area contributed by atoms with Gasteiger partial charge in [0.25, 0.3) is 5.91 Å². The van der Waals surface area contributed by atoms with Crippen LogP contribution in [0.1, 0.15) is 21.7 Å². The first-order valence-electron chi connectivity index (χ1n) is 6.90. The Hall–Kier alpha value is -2.89. The molecule has 3 rings (SSSR count). The van der Waals surface area contributed by atoms with E-state index in [0.717, 1.165) is 22.5 Å². The third-order valence-corrected chi connectivity index (χ3v) is 3.33. The van der Waals surface area contributed by atoms with Crippen molar-refractivity contribution in [3.05, 3.63) is 59.9 Å². The zero-order valence-electron chi connectivity index (χ0n) is 12.4. The average molecular weight is 296 g/mol. The second-order valence-corrected chi connectivity index (χ2v) is 5.04. The standard InChI is InChI=1S/C16H16N4O2/c1-11-7-15(20(2)19-11)16(21)18-9-12-3-4-14(17-8-12)13-5-6-22-10-13/h3-8,10H,9H2,1-2H3,(H,18,21). The number of hydrogen-bond acceptors (Lipinski definition) is 4. The number of aryl methyl sites for hydroxylation is 2. The Kier molecular flexibility index (Phi) is 3.74. The fourth-order valence-corrected chi connectivity index (χ4v) is 2.21. The Bertz CT molecular complexity index is 773. The van der Waals surface area contributed by atoms with Crippen LogP contribution in [0.5, 0.6) is 0 Å². The minimum absolute atomic E-state index is 0.151. The van der Waals surface area contributed by atoms with Gasteiger partial charge in [0.15, 0.2) is 0 Å². The maximum atomic E-state index is 12.1. The molecule has 0 aliphatic heterocycles. The SMILES string of the molecule is Cc1cc(C(=O)NCc2ccc(-c3ccoc3)nc2)n(C)n1. The molecule has 112 valence electrons. The summed E-state index contributed by atoms with van der Waals surface area (Å²) in [4.78, 5) is 16.5. The van der Waals surface area contributed by atoms with Crippen molar-refractivity contribution in [2.24, 2.45) is 7.05 Å². The summed E-state index contributed by atoms with van der Waals surface area (Å²) >= 11 is 0. The number of carbonyl (C=O) groups is 1. The van der Waals surface area contributed by atoms with Crippen LogP contribution in [0.3, 0.4) is 0 Å². The second kappa shape index (κ2) is 5.85. The topological polar surface area (TPSA) is 73.0 Å². The van der Waals surface area contributed by atoms with Crippen molar-refractivity contribution in [3.8, 4) is 11.3 Å². The number of nitrogens with zero attached hydrogens (tertiary/aromatic N) is 3. The maximum absolute atomic E-state index is 12.1. The number of furan rings is 1. The van der Waals surface area contributed by atoms with Crippen LogP contribution in [0, 0.1) is 6.92 Å². The van der Waals surface area contributed by atoms with E-state index in [0.29, 0.717) is 12.2 Å². The molecule has 0 unspecified atom stereocenters. The predicted octanol–water partition coefficient (Wildman–Crippen LogP) is 2.31. The largest absolute Gasteiger partial charge is 0.472 e. The lowest BCUT2D eigenvalue weighted by molar-refractivity contribution is 0.0941. The lowest BCUT2D eigenvalue weighted by Gasteiger charge is -2.06. The van der Waals surface area contributed by atoms with E-state index in [9.17, 15) is 4.79 Å². The Morgan fingerprint density at radius 3 is 2.82 bits per heavy atom. The molecule has 0 aromatic carbocycles. The van der Waals surface area contributed by atoms with Crippen molar-refractivity contribution < 1.29 is 9.21 Å². The molecule has 1 N–H and O–H groups in total. The summed E-state index contributed by atoms with van der Waals surface area (Å²) in [6.45, 7) is 2.27. The molecular formula is C16H16N4O2. The van der Waals surface area contributed by atoms with Gasteiger partial charge in [-0.05, 0) is 30.7 Å². The van der Waals surface area contributed by atoms with E-state index in [4.69, 9.17) is 4.42 Å². The zero-order valence-corrected chi connectivity index (χ0v) is 12.4. The Labute approximate surface area is 127 Å². The Morgan fingerprint density at radius 2 is 2.23 bits per heavy atom. The smallest absolute Gasteiger partial charge is 0.269 e. The number of aromatic nitrogens is 3. The van der Waals surface area contributed by atoms with Gasteiger partial charge in [0.1, 0.15) is 5.69 Å². The van der Waals surface area contributed by atoms with Crippen molar-refractivity contribution in [2.75, 3.05) is 0 Å². The molecule has 0 saturated carbocycles. The molecule has 0 fully saturated rings. The summed E-state index contributed by atoms with van der Waals surface area (Å²) in [6, 6.07) is 7.45. The molecule has 0 atom stereocenters. The molecule has 22 heavy (non-hydrogen) atoms. The third-order valence-electron chi connectivity index (χ3n) is 3.33. The summed E-state index contributed by atoms with van der Waals surface area (Å²) < 4.78 is 6.61. The Morgan fingerprint density at radius 1 is 1.36 bits per heavy atom. The average Bonchev–Trinajstić information content (AvgIpc) is 3.15. The van der Waals surface area contributed by atoms with E-state index in [2.05, 4.69) is 15.4 Å². The normalized spacial score (nSPS) is 10.6. The highest BCUT2D eigenvalue weighted by molar-refractivity contribution is 5.92. The van der Waals surface area contributed by atoms with Gasteiger partial charge in [0.05, 0.1) is 23.9 Å². The summed E-state index contributed by atoms with van der Waals surface area (Å²) in [5, 5.41) is 7.03. The molecule has 3 heterocycles. The third kappa shape index (κ3) is 2.90. The van der Waals surface area contributed by atoms with Crippen LogP contribution in [0.15, 0.2) is 47.4 Å². The van der Waals surface area contributed by atoms with Gasteiger partial charge in [-0.1, -0.05) is 6.07 Å². The summed E-state index contributed by atoms with van der Waals surface area (Å²) in [5.41, 5.74) is 4.06. The lowest BCUT2D eigenvalue weighted by Crippen LogP contribution is -2.25. The van der Waals surface area contributed by atoms with E-state index < -0.39 is 0 Å². The minimum Gasteiger partial charge on any atom is -0.472 e. The molecule has 6 nitrogen and oxygen atoms in total. The predicted molar refractivity (Wildman–Crippen MR) is 81.1 cm³/mol. The van der Waals surface area contributed by atoms with Crippen LogP contribution in [-0.2, 0) is 13.6 Å². The number of pyridine rings is 1. The van der Waals surface area contributed by atoms with E-state index in [1.807, 2.05) is 25.1 Å². The molecule has 0 radical (unpaired) electrons. The van der Waals surface area contributed by atoms with E-state index >= 15 is 0 Å². The van der Waals surface area contributed by atoms with Gasteiger partial charge in [-0.2, -0.15) is 5.10 Å². The van der Waals surface area contributed by atoms with E-state index in [1.54, 1.807) is 36.5 Å². The molecule has 3 aromatic rings. The van der Waals surface area contributed by atoms with Gasteiger partial charge < -0.3 is 9.73 Å². The number of rotatable bonds is 4. The van der Waals surface area contributed by atoms with Gasteiger partial charge in [-0.25, -0.2) is 0 Å². The molecule has 3 aromatic heterocycles. The van der Waals surface area contributed by atoms with Crippen LogP contribution in [-0.4, -0.2) is 20.7 Å². The van der Waals surface area contributed by atoms with Gasteiger partial charge >= 0.3 is 0 Å². The highest BCUT2D eigenvalue weighted by Gasteiger charge is 2.11. The Balaban J connectivity index is 1.64. The van der Waals surface area contributed by atoms with Crippen LogP contribution in [0.2, 0.25) is 0 Å².